The molecule has 1 saturated heterocycles. The number of carbonyl (C=O) groups excluding carboxylic acids is 1. The lowest BCUT2D eigenvalue weighted by Gasteiger charge is -2.26. The van der Waals surface area contributed by atoms with Crippen molar-refractivity contribution in [2.24, 2.45) is 10.9 Å². The molecule has 1 unspecified atom stereocenters. The summed E-state index contributed by atoms with van der Waals surface area (Å²) in [6.07, 6.45) is 4.33. The van der Waals surface area contributed by atoms with Gasteiger partial charge in [0.1, 0.15) is 11.9 Å². The Bertz CT molecular complexity index is 779. The third kappa shape index (κ3) is 3.71. The van der Waals surface area contributed by atoms with Gasteiger partial charge in [-0.15, -0.1) is 0 Å². The summed E-state index contributed by atoms with van der Waals surface area (Å²) in [4.78, 5) is 19.7. The van der Waals surface area contributed by atoms with Gasteiger partial charge in [-0.1, -0.05) is 38.8 Å². The molecule has 0 saturated carbocycles. The molecule has 25 heavy (non-hydrogen) atoms. The highest BCUT2D eigenvalue weighted by Crippen LogP contribution is 2.24. The maximum Gasteiger partial charge on any atom is 0.263 e. The van der Waals surface area contributed by atoms with Crippen LogP contribution < -0.4 is 4.72 Å². The van der Waals surface area contributed by atoms with E-state index in [0.717, 1.165) is 38.8 Å². The quantitative estimate of drug-likeness (QED) is 0.894. The first-order chi connectivity index (χ1) is 11.9. The SMILES string of the molecule is CC(C)C(N=C1NS(=O)(=O)c2ccccc21)C(=O)N1CCCCCC1. The van der Waals surface area contributed by atoms with Crippen molar-refractivity contribution in [3.63, 3.8) is 0 Å². The monoisotopic (exact) mass is 363 g/mol. The van der Waals surface area contributed by atoms with Gasteiger partial charge in [0.2, 0.25) is 5.91 Å². The van der Waals surface area contributed by atoms with Crippen LogP contribution >= 0.6 is 0 Å². The fourth-order valence-corrected chi connectivity index (χ4v) is 4.58. The molecule has 136 valence electrons. The molecule has 1 N–H and O–H groups in total. The minimum absolute atomic E-state index is 0.00650. The Kier molecular flexibility index (Phi) is 5.13. The average molecular weight is 363 g/mol. The highest BCUT2D eigenvalue weighted by molar-refractivity contribution is 7.90. The third-order valence-electron chi connectivity index (χ3n) is 4.73. The number of likely N-dealkylation sites (tertiary alicyclic amines) is 1. The van der Waals surface area contributed by atoms with Crippen molar-refractivity contribution in [3.05, 3.63) is 29.8 Å². The number of rotatable bonds is 3. The van der Waals surface area contributed by atoms with Crippen LogP contribution in [0.5, 0.6) is 0 Å². The largest absolute Gasteiger partial charge is 0.341 e. The molecule has 0 aliphatic carbocycles. The molecule has 2 aliphatic rings. The Hall–Kier alpha value is -1.89. The number of hydrogen-bond acceptors (Lipinski definition) is 4. The van der Waals surface area contributed by atoms with E-state index in [1.54, 1.807) is 24.3 Å². The van der Waals surface area contributed by atoms with Gasteiger partial charge < -0.3 is 4.90 Å². The van der Waals surface area contributed by atoms with Crippen molar-refractivity contribution in [2.45, 2.75) is 50.5 Å². The molecule has 0 radical (unpaired) electrons. The predicted octanol–water partition coefficient (Wildman–Crippen LogP) is 2.15. The summed E-state index contributed by atoms with van der Waals surface area (Å²) in [6, 6.07) is 6.16. The fraction of sp³-hybridized carbons (Fsp3) is 0.556. The van der Waals surface area contributed by atoms with Gasteiger partial charge in [0.25, 0.3) is 10.0 Å². The molecule has 0 aromatic heterocycles. The van der Waals surface area contributed by atoms with Gasteiger partial charge in [-0.2, -0.15) is 0 Å². The van der Waals surface area contributed by atoms with E-state index in [1.807, 2.05) is 18.7 Å². The smallest absolute Gasteiger partial charge is 0.263 e. The molecule has 0 bridgehead atoms. The number of hydrogen-bond donors (Lipinski definition) is 1. The van der Waals surface area contributed by atoms with Crippen molar-refractivity contribution in [3.8, 4) is 0 Å². The lowest BCUT2D eigenvalue weighted by atomic mass is 10.0. The van der Waals surface area contributed by atoms with E-state index >= 15 is 0 Å². The van der Waals surface area contributed by atoms with Crippen LogP contribution in [0.4, 0.5) is 0 Å². The van der Waals surface area contributed by atoms with Crippen LogP contribution in [-0.2, 0) is 14.8 Å². The van der Waals surface area contributed by atoms with Crippen LogP contribution in [0.2, 0.25) is 0 Å². The van der Waals surface area contributed by atoms with E-state index in [2.05, 4.69) is 9.71 Å². The van der Waals surface area contributed by atoms with Crippen molar-refractivity contribution < 1.29 is 13.2 Å². The van der Waals surface area contributed by atoms with Crippen molar-refractivity contribution >= 4 is 21.8 Å². The molecule has 2 aliphatic heterocycles. The zero-order chi connectivity index (χ0) is 18.0. The summed E-state index contributed by atoms with van der Waals surface area (Å²) in [7, 11) is -3.59. The Labute approximate surface area is 149 Å². The van der Waals surface area contributed by atoms with Crippen molar-refractivity contribution in [1.82, 2.24) is 9.62 Å². The number of sulfonamides is 1. The Balaban J connectivity index is 1.92. The van der Waals surface area contributed by atoms with Crippen LogP contribution in [0.25, 0.3) is 0 Å². The first-order valence-electron chi connectivity index (χ1n) is 8.89. The maximum atomic E-state index is 13.0. The second kappa shape index (κ2) is 7.15. The van der Waals surface area contributed by atoms with Crippen LogP contribution in [0.3, 0.4) is 0 Å². The highest BCUT2D eigenvalue weighted by atomic mass is 32.2. The second-order valence-corrected chi connectivity index (χ2v) is 8.66. The minimum atomic E-state index is -3.59. The first kappa shape index (κ1) is 17.9. The van der Waals surface area contributed by atoms with Gasteiger partial charge in [-0.05, 0) is 30.9 Å². The fourth-order valence-electron chi connectivity index (χ4n) is 3.34. The Morgan fingerprint density at radius 1 is 1.12 bits per heavy atom. The number of nitrogens with zero attached hydrogens (tertiary/aromatic N) is 2. The third-order valence-corrected chi connectivity index (χ3v) is 6.13. The molecule has 0 spiro atoms. The van der Waals surface area contributed by atoms with Crippen molar-refractivity contribution in [1.29, 1.82) is 0 Å². The molecule has 7 heteroatoms. The molecule has 2 heterocycles. The topological polar surface area (TPSA) is 78.8 Å². The highest BCUT2D eigenvalue weighted by Gasteiger charge is 2.33. The van der Waals surface area contributed by atoms with Gasteiger partial charge in [-0.25, -0.2) is 8.42 Å². The maximum absolute atomic E-state index is 13.0. The summed E-state index contributed by atoms with van der Waals surface area (Å²) in [6.45, 7) is 5.41. The molecular weight excluding hydrogens is 338 g/mol. The van der Waals surface area contributed by atoms with Crippen LogP contribution in [0.15, 0.2) is 34.2 Å². The van der Waals surface area contributed by atoms with E-state index in [0.29, 0.717) is 5.56 Å². The van der Waals surface area contributed by atoms with Crippen molar-refractivity contribution in [2.75, 3.05) is 13.1 Å². The van der Waals surface area contributed by atoms with Gasteiger partial charge >= 0.3 is 0 Å². The minimum Gasteiger partial charge on any atom is -0.341 e. The number of nitrogens with one attached hydrogen (secondary N) is 1. The van der Waals surface area contributed by atoms with E-state index in [4.69, 9.17) is 0 Å². The molecule has 1 atom stereocenters. The second-order valence-electron chi connectivity index (χ2n) is 7.01. The zero-order valence-corrected chi connectivity index (χ0v) is 15.6. The average Bonchev–Trinajstić information content (AvgIpc) is 2.76. The van der Waals surface area contributed by atoms with E-state index in [1.165, 1.54) is 0 Å². The van der Waals surface area contributed by atoms with Gasteiger partial charge in [0.15, 0.2) is 0 Å². The number of amidine groups is 1. The van der Waals surface area contributed by atoms with E-state index in [-0.39, 0.29) is 22.6 Å². The Morgan fingerprint density at radius 2 is 1.76 bits per heavy atom. The number of fused-ring (bicyclic) bond motifs is 1. The summed E-state index contributed by atoms with van der Waals surface area (Å²) in [5.74, 6) is 0.256. The van der Waals surface area contributed by atoms with Gasteiger partial charge in [0, 0.05) is 18.7 Å². The normalized spacial score (nSPS) is 22.4. The lowest BCUT2D eigenvalue weighted by Crippen LogP contribution is -2.42. The van der Waals surface area contributed by atoms with Gasteiger partial charge in [-0.3, -0.25) is 14.5 Å². The number of benzene rings is 1. The number of carbonyl (C=O) groups is 1. The lowest BCUT2D eigenvalue weighted by molar-refractivity contribution is -0.133. The molecule has 3 rings (SSSR count). The van der Waals surface area contributed by atoms with Crippen LogP contribution in [0.1, 0.15) is 45.1 Å². The molecule has 1 amide bonds. The molecule has 1 aromatic rings. The predicted molar refractivity (Wildman–Crippen MR) is 97.0 cm³/mol. The standard InChI is InChI=1S/C18H25N3O3S/c1-13(2)16(18(22)21-11-7-3-4-8-12-21)19-17-14-9-5-6-10-15(14)25(23,24)20-17/h5-6,9-10,13,16H,3-4,7-8,11-12H2,1-2H3,(H,19,20). The zero-order valence-electron chi connectivity index (χ0n) is 14.7. The van der Waals surface area contributed by atoms with E-state index < -0.39 is 16.1 Å². The van der Waals surface area contributed by atoms with E-state index in [9.17, 15) is 13.2 Å². The summed E-state index contributed by atoms with van der Waals surface area (Å²) >= 11 is 0. The van der Waals surface area contributed by atoms with Gasteiger partial charge in [0.05, 0.1) is 4.90 Å². The number of amides is 1. The summed E-state index contributed by atoms with van der Waals surface area (Å²) in [5.41, 5.74) is 0.539. The molecule has 1 aromatic carbocycles. The molecular formula is C18H25N3O3S. The first-order valence-corrected chi connectivity index (χ1v) is 10.4. The summed E-state index contributed by atoms with van der Waals surface area (Å²) < 4.78 is 27.0. The molecule has 6 nitrogen and oxygen atoms in total. The van der Waals surface area contributed by atoms with Crippen LogP contribution in [0, 0.1) is 5.92 Å². The number of aliphatic imine (C=N–C) groups is 1. The Morgan fingerprint density at radius 3 is 2.40 bits per heavy atom. The summed E-state index contributed by atoms with van der Waals surface area (Å²) in [5, 5.41) is 0. The van der Waals surface area contributed by atoms with Crippen LogP contribution in [-0.4, -0.2) is 44.2 Å². The molecule has 1 fully saturated rings.